The van der Waals surface area contributed by atoms with E-state index >= 15 is 0 Å². The van der Waals surface area contributed by atoms with E-state index in [-0.39, 0.29) is 5.91 Å². The molecule has 15 heavy (non-hydrogen) atoms. The Morgan fingerprint density at radius 1 is 1.40 bits per heavy atom. The molecule has 1 saturated heterocycles. The van der Waals surface area contributed by atoms with Crippen LogP contribution in [0.15, 0.2) is 0 Å². The molecule has 2 N–H and O–H groups in total. The fourth-order valence-electron chi connectivity index (χ4n) is 2.92. The molecule has 2 atom stereocenters. The Bertz CT molecular complexity index is 238. The van der Waals surface area contributed by atoms with Gasteiger partial charge < -0.3 is 5.73 Å². The topological polar surface area (TPSA) is 46.3 Å². The van der Waals surface area contributed by atoms with Crippen molar-refractivity contribution in [2.24, 2.45) is 11.7 Å². The summed E-state index contributed by atoms with van der Waals surface area (Å²) in [6.07, 6.45) is 7.28. The SMILES string of the molecule is CC(CC(N)=O)N1CCCCC1C1CC1. The molecule has 2 unspecified atom stereocenters. The van der Waals surface area contributed by atoms with Crippen LogP contribution >= 0.6 is 0 Å². The number of rotatable bonds is 4. The maximum absolute atomic E-state index is 10.9. The number of hydrogen-bond donors (Lipinski definition) is 1. The van der Waals surface area contributed by atoms with Gasteiger partial charge in [-0.25, -0.2) is 0 Å². The molecule has 1 aliphatic heterocycles. The summed E-state index contributed by atoms with van der Waals surface area (Å²) in [6, 6.07) is 1.08. The number of carbonyl (C=O) groups is 1. The van der Waals surface area contributed by atoms with Crippen LogP contribution in [-0.2, 0) is 4.79 Å². The lowest BCUT2D eigenvalue weighted by Crippen LogP contribution is -2.47. The van der Waals surface area contributed by atoms with Gasteiger partial charge in [-0.3, -0.25) is 9.69 Å². The van der Waals surface area contributed by atoms with Gasteiger partial charge in [-0.05, 0) is 45.1 Å². The molecule has 1 heterocycles. The van der Waals surface area contributed by atoms with Crippen LogP contribution in [0.2, 0.25) is 0 Å². The number of carbonyl (C=O) groups excluding carboxylic acids is 1. The van der Waals surface area contributed by atoms with Gasteiger partial charge in [0.05, 0.1) is 0 Å². The highest BCUT2D eigenvalue weighted by Crippen LogP contribution is 2.40. The standard InChI is InChI=1S/C12H22N2O/c1-9(8-12(13)15)14-7-3-2-4-11(14)10-5-6-10/h9-11H,2-8H2,1H3,(H2,13,15). The minimum atomic E-state index is -0.164. The molecule has 2 fully saturated rings. The fraction of sp³-hybridized carbons (Fsp3) is 0.917. The van der Waals surface area contributed by atoms with Crippen LogP contribution in [-0.4, -0.2) is 29.4 Å². The highest BCUT2D eigenvalue weighted by atomic mass is 16.1. The Kier molecular flexibility index (Phi) is 3.29. The van der Waals surface area contributed by atoms with Crippen LogP contribution in [0.1, 0.15) is 45.4 Å². The molecule has 3 nitrogen and oxygen atoms in total. The van der Waals surface area contributed by atoms with Crippen LogP contribution in [0.3, 0.4) is 0 Å². The molecule has 1 saturated carbocycles. The molecule has 0 spiro atoms. The number of primary amides is 1. The molecule has 86 valence electrons. The van der Waals surface area contributed by atoms with Gasteiger partial charge in [0.25, 0.3) is 0 Å². The van der Waals surface area contributed by atoms with E-state index in [0.29, 0.717) is 12.5 Å². The van der Waals surface area contributed by atoms with Crippen LogP contribution < -0.4 is 5.73 Å². The van der Waals surface area contributed by atoms with Crippen LogP contribution in [0.4, 0.5) is 0 Å². The number of nitrogens with zero attached hydrogens (tertiary/aromatic N) is 1. The lowest BCUT2D eigenvalue weighted by atomic mass is 9.95. The van der Waals surface area contributed by atoms with E-state index < -0.39 is 0 Å². The van der Waals surface area contributed by atoms with Crippen LogP contribution in [0, 0.1) is 5.92 Å². The van der Waals surface area contributed by atoms with Crippen molar-refractivity contribution in [1.82, 2.24) is 4.90 Å². The van der Waals surface area contributed by atoms with Gasteiger partial charge in [0.2, 0.25) is 5.91 Å². The summed E-state index contributed by atoms with van der Waals surface area (Å²) >= 11 is 0. The van der Waals surface area contributed by atoms with Gasteiger partial charge in [0.1, 0.15) is 0 Å². The number of amides is 1. The summed E-state index contributed by atoms with van der Waals surface area (Å²) in [5, 5.41) is 0. The summed E-state index contributed by atoms with van der Waals surface area (Å²) in [4.78, 5) is 13.5. The summed E-state index contributed by atoms with van der Waals surface area (Å²) < 4.78 is 0. The van der Waals surface area contributed by atoms with Crippen molar-refractivity contribution in [3.8, 4) is 0 Å². The lowest BCUT2D eigenvalue weighted by molar-refractivity contribution is -0.119. The zero-order chi connectivity index (χ0) is 10.8. The molecular formula is C12H22N2O. The Labute approximate surface area is 92.0 Å². The molecule has 3 heteroatoms. The van der Waals surface area contributed by atoms with Crippen LogP contribution in [0.25, 0.3) is 0 Å². The average molecular weight is 210 g/mol. The Morgan fingerprint density at radius 3 is 2.73 bits per heavy atom. The highest BCUT2D eigenvalue weighted by molar-refractivity contribution is 5.74. The summed E-state index contributed by atoms with van der Waals surface area (Å²) in [7, 11) is 0. The molecule has 2 aliphatic rings. The largest absolute Gasteiger partial charge is 0.370 e. The number of hydrogen-bond acceptors (Lipinski definition) is 2. The maximum atomic E-state index is 10.9. The first-order valence-corrected chi connectivity index (χ1v) is 6.22. The molecule has 1 aliphatic carbocycles. The minimum absolute atomic E-state index is 0.164. The van der Waals surface area contributed by atoms with Crippen molar-refractivity contribution in [2.75, 3.05) is 6.54 Å². The molecule has 0 aromatic heterocycles. The zero-order valence-corrected chi connectivity index (χ0v) is 9.61. The average Bonchev–Trinajstić information content (AvgIpc) is 3.00. The highest BCUT2D eigenvalue weighted by Gasteiger charge is 2.38. The quantitative estimate of drug-likeness (QED) is 0.764. The predicted octanol–water partition coefficient (Wildman–Crippen LogP) is 1.51. The molecule has 0 radical (unpaired) electrons. The van der Waals surface area contributed by atoms with E-state index in [2.05, 4.69) is 11.8 Å². The van der Waals surface area contributed by atoms with E-state index in [4.69, 9.17) is 5.73 Å². The second-order valence-corrected chi connectivity index (χ2v) is 5.16. The molecular weight excluding hydrogens is 188 g/mol. The number of likely N-dealkylation sites (tertiary alicyclic amines) is 1. The van der Waals surface area contributed by atoms with Crippen molar-refractivity contribution >= 4 is 5.91 Å². The molecule has 0 bridgehead atoms. The summed E-state index contributed by atoms with van der Waals surface area (Å²) in [6.45, 7) is 3.31. The van der Waals surface area contributed by atoms with Gasteiger partial charge >= 0.3 is 0 Å². The van der Waals surface area contributed by atoms with Gasteiger partial charge in [-0.15, -0.1) is 0 Å². The molecule has 2 rings (SSSR count). The Hall–Kier alpha value is -0.570. The summed E-state index contributed by atoms with van der Waals surface area (Å²) in [5.74, 6) is 0.753. The van der Waals surface area contributed by atoms with E-state index in [9.17, 15) is 4.79 Å². The Balaban J connectivity index is 1.93. The maximum Gasteiger partial charge on any atom is 0.218 e. The smallest absolute Gasteiger partial charge is 0.218 e. The van der Waals surface area contributed by atoms with E-state index in [1.54, 1.807) is 0 Å². The predicted molar refractivity (Wildman–Crippen MR) is 60.3 cm³/mol. The Morgan fingerprint density at radius 2 is 2.13 bits per heavy atom. The first kappa shape index (κ1) is 10.9. The normalized spacial score (nSPS) is 30.1. The van der Waals surface area contributed by atoms with Crippen molar-refractivity contribution in [3.05, 3.63) is 0 Å². The third-order valence-corrected chi connectivity index (χ3v) is 3.82. The fourth-order valence-corrected chi connectivity index (χ4v) is 2.92. The van der Waals surface area contributed by atoms with Crippen molar-refractivity contribution in [2.45, 2.75) is 57.5 Å². The van der Waals surface area contributed by atoms with E-state index in [1.165, 1.54) is 32.1 Å². The van der Waals surface area contributed by atoms with Crippen molar-refractivity contribution in [1.29, 1.82) is 0 Å². The van der Waals surface area contributed by atoms with Crippen molar-refractivity contribution in [3.63, 3.8) is 0 Å². The summed E-state index contributed by atoms with van der Waals surface area (Å²) in [5.41, 5.74) is 5.27. The van der Waals surface area contributed by atoms with E-state index in [0.717, 1.165) is 18.5 Å². The second-order valence-electron chi connectivity index (χ2n) is 5.16. The first-order chi connectivity index (χ1) is 7.18. The van der Waals surface area contributed by atoms with Crippen LogP contribution in [0.5, 0.6) is 0 Å². The third-order valence-electron chi connectivity index (χ3n) is 3.82. The van der Waals surface area contributed by atoms with Gasteiger partial charge in [0, 0.05) is 18.5 Å². The molecule has 1 amide bonds. The first-order valence-electron chi connectivity index (χ1n) is 6.22. The van der Waals surface area contributed by atoms with Crippen molar-refractivity contribution < 1.29 is 4.79 Å². The number of nitrogens with two attached hydrogens (primary N) is 1. The van der Waals surface area contributed by atoms with Gasteiger partial charge in [-0.2, -0.15) is 0 Å². The zero-order valence-electron chi connectivity index (χ0n) is 9.61. The number of piperidine rings is 1. The second kappa shape index (κ2) is 4.52. The van der Waals surface area contributed by atoms with E-state index in [1.807, 2.05) is 0 Å². The van der Waals surface area contributed by atoms with Gasteiger partial charge in [0.15, 0.2) is 0 Å². The van der Waals surface area contributed by atoms with Gasteiger partial charge in [-0.1, -0.05) is 6.42 Å². The third kappa shape index (κ3) is 2.71. The minimum Gasteiger partial charge on any atom is -0.370 e. The monoisotopic (exact) mass is 210 g/mol. The molecule has 0 aromatic carbocycles. The lowest BCUT2D eigenvalue weighted by Gasteiger charge is -2.40. The molecule has 0 aromatic rings.